The molecule has 0 aromatic rings. The molecule has 3 aliphatic heterocycles. The van der Waals surface area contributed by atoms with Crippen LogP contribution in [-0.4, -0.2) is 94.1 Å². The second-order valence-corrected chi connectivity index (χ2v) is 9.67. The molecule has 2 spiro atoms. The van der Waals surface area contributed by atoms with Gasteiger partial charge in [0.05, 0.1) is 11.7 Å². The van der Waals surface area contributed by atoms with E-state index < -0.39 is 15.4 Å². The summed E-state index contributed by atoms with van der Waals surface area (Å²) in [5.41, 5.74) is -1.04. The van der Waals surface area contributed by atoms with Crippen LogP contribution in [0.5, 0.6) is 0 Å². The van der Waals surface area contributed by atoms with E-state index in [-0.39, 0.29) is 30.4 Å². The molecule has 1 atom stereocenters. The predicted molar refractivity (Wildman–Crippen MR) is 91.2 cm³/mol. The van der Waals surface area contributed by atoms with Crippen LogP contribution in [0.3, 0.4) is 0 Å². The van der Waals surface area contributed by atoms with Crippen LogP contribution in [0, 0.1) is 10.8 Å². The number of piperidine rings is 1. The fraction of sp³-hybridized carbons (Fsp3) is 0.875. The monoisotopic (exact) mass is 373 g/mol. The van der Waals surface area contributed by atoms with Gasteiger partial charge in [0.25, 0.3) is 0 Å². The van der Waals surface area contributed by atoms with E-state index >= 15 is 0 Å². The van der Waals surface area contributed by atoms with Gasteiger partial charge in [-0.1, -0.05) is 0 Å². The summed E-state index contributed by atoms with van der Waals surface area (Å²) in [5, 5.41) is 0. The van der Waals surface area contributed by atoms with Gasteiger partial charge in [-0.05, 0) is 19.3 Å². The maximum atomic E-state index is 13.0. The maximum absolute atomic E-state index is 13.0. The summed E-state index contributed by atoms with van der Waals surface area (Å²) >= 11 is 0. The molecule has 142 valence electrons. The number of hydrogen-bond donors (Lipinski definition) is 0. The van der Waals surface area contributed by atoms with E-state index in [0.29, 0.717) is 45.4 Å². The number of ether oxygens (including phenoxy) is 1. The van der Waals surface area contributed by atoms with E-state index in [0.717, 1.165) is 0 Å². The number of methoxy groups -OCH3 is 1. The molecule has 2 amide bonds. The summed E-state index contributed by atoms with van der Waals surface area (Å²) in [6.07, 6.45) is 3.18. The van der Waals surface area contributed by atoms with Crippen molar-refractivity contribution in [3.63, 3.8) is 0 Å². The Morgan fingerprint density at radius 2 is 1.80 bits per heavy atom. The van der Waals surface area contributed by atoms with Gasteiger partial charge in [0.15, 0.2) is 0 Å². The van der Waals surface area contributed by atoms with Crippen molar-refractivity contribution in [2.24, 2.45) is 10.8 Å². The molecule has 0 aromatic carbocycles. The number of amides is 2. The number of carbonyl (C=O) groups is 2. The van der Waals surface area contributed by atoms with Gasteiger partial charge < -0.3 is 14.5 Å². The highest BCUT2D eigenvalue weighted by Crippen LogP contribution is 2.58. The van der Waals surface area contributed by atoms with Crippen molar-refractivity contribution in [2.45, 2.75) is 19.3 Å². The number of rotatable bonds is 3. The van der Waals surface area contributed by atoms with Crippen LogP contribution in [-0.2, 0) is 24.3 Å². The highest BCUT2D eigenvalue weighted by molar-refractivity contribution is 7.88. The minimum absolute atomic E-state index is 0.0509. The minimum Gasteiger partial charge on any atom is -0.375 e. The molecule has 3 aliphatic rings. The van der Waals surface area contributed by atoms with Crippen molar-refractivity contribution < 1.29 is 22.7 Å². The second kappa shape index (κ2) is 6.21. The smallest absolute Gasteiger partial charge is 0.248 e. The fourth-order valence-electron chi connectivity index (χ4n) is 4.85. The molecule has 0 saturated carbocycles. The van der Waals surface area contributed by atoms with Gasteiger partial charge in [0.2, 0.25) is 21.8 Å². The summed E-state index contributed by atoms with van der Waals surface area (Å²) in [6, 6.07) is 0. The molecule has 3 rings (SSSR count). The minimum atomic E-state index is -3.36. The SMILES string of the molecule is COCC(=O)N1CCC2(CC1)CN(S(C)(=O)=O)CC21CCN(C)C1=O. The van der Waals surface area contributed by atoms with Crippen LogP contribution in [0.2, 0.25) is 0 Å². The van der Waals surface area contributed by atoms with Gasteiger partial charge in [0.1, 0.15) is 6.61 Å². The summed E-state index contributed by atoms with van der Waals surface area (Å²) in [6.45, 7) is 2.43. The van der Waals surface area contributed by atoms with E-state index in [1.54, 1.807) is 16.8 Å². The van der Waals surface area contributed by atoms with Gasteiger partial charge in [-0.3, -0.25) is 9.59 Å². The Bertz CT molecular complexity index is 671. The van der Waals surface area contributed by atoms with Crippen LogP contribution in [0.25, 0.3) is 0 Å². The Morgan fingerprint density at radius 3 is 2.28 bits per heavy atom. The lowest BCUT2D eigenvalue weighted by atomic mass is 9.60. The van der Waals surface area contributed by atoms with Crippen LogP contribution in [0.1, 0.15) is 19.3 Å². The Balaban J connectivity index is 1.88. The van der Waals surface area contributed by atoms with E-state index in [2.05, 4.69) is 0 Å². The number of fused-ring (bicyclic) bond motifs is 1. The third kappa shape index (κ3) is 2.86. The van der Waals surface area contributed by atoms with Crippen LogP contribution in [0.4, 0.5) is 0 Å². The normalized spacial score (nSPS) is 30.0. The molecule has 1 unspecified atom stereocenters. The quantitative estimate of drug-likeness (QED) is 0.657. The van der Waals surface area contributed by atoms with Crippen molar-refractivity contribution in [1.29, 1.82) is 0 Å². The van der Waals surface area contributed by atoms with Gasteiger partial charge in [-0.2, -0.15) is 0 Å². The zero-order valence-electron chi connectivity index (χ0n) is 15.2. The Labute approximate surface area is 149 Å². The molecule has 9 heteroatoms. The van der Waals surface area contributed by atoms with Crippen LogP contribution < -0.4 is 0 Å². The predicted octanol–water partition coefficient (Wildman–Crippen LogP) is -0.635. The summed E-state index contributed by atoms with van der Waals surface area (Å²) in [4.78, 5) is 28.5. The highest BCUT2D eigenvalue weighted by Gasteiger charge is 2.66. The lowest BCUT2D eigenvalue weighted by Gasteiger charge is -2.46. The number of hydrogen-bond acceptors (Lipinski definition) is 5. The summed E-state index contributed by atoms with van der Waals surface area (Å²) < 4.78 is 30.7. The molecule has 8 nitrogen and oxygen atoms in total. The van der Waals surface area contributed by atoms with Crippen molar-refractivity contribution in [3.05, 3.63) is 0 Å². The second-order valence-electron chi connectivity index (χ2n) is 7.68. The number of nitrogens with zero attached hydrogens (tertiary/aromatic N) is 3. The number of likely N-dealkylation sites (tertiary alicyclic amines) is 2. The Morgan fingerprint density at radius 1 is 1.16 bits per heavy atom. The lowest BCUT2D eigenvalue weighted by Crippen LogP contribution is -2.53. The molecular formula is C16H27N3O5S. The molecule has 3 heterocycles. The molecule has 3 saturated heterocycles. The Kier molecular flexibility index (Phi) is 4.62. The van der Waals surface area contributed by atoms with E-state index in [9.17, 15) is 18.0 Å². The average molecular weight is 373 g/mol. The third-order valence-corrected chi connectivity index (χ3v) is 7.58. The molecule has 3 fully saturated rings. The van der Waals surface area contributed by atoms with Crippen molar-refractivity contribution in [1.82, 2.24) is 14.1 Å². The van der Waals surface area contributed by atoms with Crippen LogP contribution in [0.15, 0.2) is 0 Å². The van der Waals surface area contributed by atoms with Gasteiger partial charge in [-0.15, -0.1) is 0 Å². The maximum Gasteiger partial charge on any atom is 0.248 e. The zero-order chi connectivity index (χ0) is 18.5. The topological polar surface area (TPSA) is 87.2 Å². The first kappa shape index (κ1) is 18.6. The largest absolute Gasteiger partial charge is 0.375 e. The molecule has 0 aliphatic carbocycles. The van der Waals surface area contributed by atoms with E-state index in [1.807, 2.05) is 0 Å². The molecule has 25 heavy (non-hydrogen) atoms. The third-order valence-electron chi connectivity index (χ3n) is 6.38. The lowest BCUT2D eigenvalue weighted by molar-refractivity contribution is -0.144. The molecule has 0 radical (unpaired) electrons. The average Bonchev–Trinajstić information content (AvgIpc) is 3.02. The van der Waals surface area contributed by atoms with E-state index in [4.69, 9.17) is 4.74 Å². The van der Waals surface area contributed by atoms with Gasteiger partial charge >= 0.3 is 0 Å². The van der Waals surface area contributed by atoms with Gasteiger partial charge in [-0.25, -0.2) is 12.7 Å². The van der Waals surface area contributed by atoms with Crippen molar-refractivity contribution >= 4 is 21.8 Å². The summed E-state index contributed by atoms with van der Waals surface area (Å²) in [5.74, 6) is -0.00505. The van der Waals surface area contributed by atoms with Crippen LogP contribution >= 0.6 is 0 Å². The number of sulfonamides is 1. The number of carbonyl (C=O) groups excluding carboxylic acids is 2. The molecular weight excluding hydrogens is 346 g/mol. The standard InChI is InChI=1S/C16H27N3O5S/c1-17-7-6-16(14(17)21)12-19(25(3,22)23)11-15(16)4-8-18(9-5-15)13(20)10-24-2/h4-12H2,1-3H3. The molecule has 0 aromatic heterocycles. The molecule has 0 N–H and O–H groups in total. The highest BCUT2D eigenvalue weighted by atomic mass is 32.2. The zero-order valence-corrected chi connectivity index (χ0v) is 16.0. The fourth-order valence-corrected chi connectivity index (χ4v) is 5.79. The van der Waals surface area contributed by atoms with Crippen molar-refractivity contribution in [2.75, 3.05) is 59.7 Å². The van der Waals surface area contributed by atoms with Crippen molar-refractivity contribution in [3.8, 4) is 0 Å². The summed E-state index contributed by atoms with van der Waals surface area (Å²) in [7, 11) is -0.0834. The first-order valence-corrected chi connectivity index (χ1v) is 10.5. The molecule has 0 bridgehead atoms. The first-order valence-electron chi connectivity index (χ1n) is 8.63. The Hall–Kier alpha value is -1.19. The van der Waals surface area contributed by atoms with E-state index in [1.165, 1.54) is 17.7 Å². The van der Waals surface area contributed by atoms with Gasteiger partial charge in [0, 0.05) is 52.3 Å². The first-order chi connectivity index (χ1) is 11.7.